The molecule has 0 aliphatic carbocycles. The van der Waals surface area contributed by atoms with Crippen molar-refractivity contribution in [1.82, 2.24) is 9.03 Å². The summed E-state index contributed by atoms with van der Waals surface area (Å²) in [6, 6.07) is 0. The Balaban J connectivity index is 2.81. The number of rotatable bonds is 9. The first-order valence-corrected chi connectivity index (χ1v) is 8.31. The van der Waals surface area contributed by atoms with Crippen LogP contribution in [-0.2, 0) is 15.0 Å². The van der Waals surface area contributed by atoms with Gasteiger partial charge in [0.2, 0.25) is 0 Å². The second kappa shape index (κ2) is 7.68. The summed E-state index contributed by atoms with van der Waals surface area (Å²) in [4.78, 5) is 11.4. The van der Waals surface area contributed by atoms with E-state index < -0.39 is 34.8 Å². The Hall–Kier alpha value is -0.755. The third kappa shape index (κ3) is 4.62. The minimum Gasteiger partial charge on any atom is -0.480 e. The van der Waals surface area contributed by atoms with E-state index in [1.807, 2.05) is 0 Å². The molecule has 0 aromatic carbocycles. The fourth-order valence-electron chi connectivity index (χ4n) is 2.48. The zero-order valence-electron chi connectivity index (χ0n) is 12.1. The van der Waals surface area contributed by atoms with Crippen molar-refractivity contribution in [3.8, 4) is 0 Å². The monoisotopic (exact) mass is 339 g/mol. The smallest absolute Gasteiger partial charge is 0.451 e. The average molecular weight is 339 g/mol. The van der Waals surface area contributed by atoms with Gasteiger partial charge in [0.25, 0.3) is 10.2 Å². The second-order valence-corrected chi connectivity index (χ2v) is 7.12. The Morgan fingerprint density at radius 1 is 1.45 bits per heavy atom. The predicted octanol–water partition coefficient (Wildman–Crippen LogP) is -3.22. The molecule has 1 aliphatic heterocycles. The molecule has 7 N–H and O–H groups in total. The van der Waals surface area contributed by atoms with Crippen LogP contribution in [0.25, 0.3) is 0 Å². The van der Waals surface area contributed by atoms with Crippen LogP contribution in [0.2, 0.25) is 6.32 Å². The number of aliphatic carboxylic acids is 1. The average Bonchev–Trinajstić information content (AvgIpc) is 2.76. The Labute approximate surface area is 129 Å². The van der Waals surface area contributed by atoms with Crippen molar-refractivity contribution in [1.29, 1.82) is 0 Å². The van der Waals surface area contributed by atoms with Crippen molar-refractivity contribution in [3.63, 3.8) is 0 Å². The number of carboxylic acids is 1. The van der Waals surface area contributed by atoms with Crippen LogP contribution in [0, 0.1) is 5.92 Å². The van der Waals surface area contributed by atoms with Crippen molar-refractivity contribution in [2.24, 2.45) is 11.7 Å². The van der Waals surface area contributed by atoms with E-state index in [9.17, 15) is 18.3 Å². The lowest BCUT2D eigenvalue weighted by Gasteiger charge is -2.25. The lowest BCUT2D eigenvalue weighted by Crippen LogP contribution is -2.55. The molecule has 0 saturated carbocycles. The summed E-state index contributed by atoms with van der Waals surface area (Å²) in [6.45, 7) is -1.01. The molecule has 1 fully saturated rings. The van der Waals surface area contributed by atoms with Gasteiger partial charge in [-0.05, 0) is 12.7 Å². The van der Waals surface area contributed by atoms with Crippen LogP contribution in [0.15, 0.2) is 0 Å². The number of nitrogens with one attached hydrogen (secondary N) is 1. The Morgan fingerprint density at radius 3 is 2.59 bits per heavy atom. The van der Waals surface area contributed by atoms with E-state index in [-0.39, 0.29) is 39.0 Å². The molecule has 1 aliphatic rings. The van der Waals surface area contributed by atoms with Gasteiger partial charge >= 0.3 is 13.1 Å². The number of nitrogens with zero attached hydrogens (tertiary/aromatic N) is 1. The third-order valence-electron chi connectivity index (χ3n) is 3.74. The first kappa shape index (κ1) is 19.3. The van der Waals surface area contributed by atoms with Crippen LogP contribution in [0.4, 0.5) is 0 Å². The van der Waals surface area contributed by atoms with Crippen LogP contribution in [0.5, 0.6) is 0 Å². The zero-order valence-corrected chi connectivity index (χ0v) is 12.9. The number of nitrogens with two attached hydrogens (primary N) is 1. The summed E-state index contributed by atoms with van der Waals surface area (Å²) >= 11 is 0. The Morgan fingerprint density at radius 2 is 2.09 bits per heavy atom. The Bertz CT molecular complexity index is 489. The van der Waals surface area contributed by atoms with Gasteiger partial charge in [0.05, 0.1) is 6.61 Å². The molecule has 0 aromatic heterocycles. The lowest BCUT2D eigenvalue weighted by molar-refractivity contribution is -0.144. The molecule has 0 amide bonds. The van der Waals surface area contributed by atoms with Gasteiger partial charge in [-0.3, -0.25) is 4.79 Å². The van der Waals surface area contributed by atoms with Gasteiger partial charge in [0.1, 0.15) is 5.54 Å². The number of hydrogen-bond donors (Lipinski definition) is 6. The molecule has 0 unspecified atom stereocenters. The second-order valence-electron chi connectivity index (χ2n) is 5.37. The van der Waals surface area contributed by atoms with Gasteiger partial charge in [-0.1, -0.05) is 6.42 Å². The maximum absolute atomic E-state index is 12.0. The molecule has 0 bridgehead atoms. The highest BCUT2D eigenvalue weighted by molar-refractivity contribution is 7.87. The zero-order chi connectivity index (χ0) is 17.0. The maximum atomic E-state index is 12.0. The molecule has 1 rings (SSSR count). The van der Waals surface area contributed by atoms with Gasteiger partial charge in [0, 0.05) is 25.6 Å². The van der Waals surface area contributed by atoms with Crippen LogP contribution < -0.4 is 10.5 Å². The summed E-state index contributed by atoms with van der Waals surface area (Å²) in [5.74, 6) is -1.95. The first-order valence-electron chi connectivity index (χ1n) is 6.87. The molecule has 1 heterocycles. The molecular weight excluding hydrogens is 317 g/mol. The van der Waals surface area contributed by atoms with Gasteiger partial charge < -0.3 is 26.0 Å². The number of aliphatic hydroxyl groups is 1. The normalized spacial score (nSPS) is 26.3. The van der Waals surface area contributed by atoms with E-state index in [0.29, 0.717) is 6.42 Å². The fraction of sp³-hybridized carbons (Fsp3) is 0.900. The van der Waals surface area contributed by atoms with Crippen molar-refractivity contribution in [2.45, 2.75) is 24.7 Å². The van der Waals surface area contributed by atoms with Gasteiger partial charge in [-0.2, -0.15) is 17.4 Å². The van der Waals surface area contributed by atoms with E-state index in [0.717, 1.165) is 4.31 Å². The van der Waals surface area contributed by atoms with Crippen molar-refractivity contribution in [3.05, 3.63) is 0 Å². The van der Waals surface area contributed by atoms with E-state index in [1.54, 1.807) is 0 Å². The summed E-state index contributed by atoms with van der Waals surface area (Å²) in [7, 11) is -5.42. The standard InChI is InChI=1S/C10H22BN3O7S/c12-10(9(16)17)7-14(22(20,21)13-4-5-15)6-8(10)2-1-3-11(18)19/h8,13,15,18-19H,1-7,12H2,(H,16,17)/t8-,10-/m1/s1. The first-order chi connectivity index (χ1) is 10.1. The number of carboxylic acid groups (broad SMARTS) is 1. The topological polar surface area (TPSA) is 173 Å². The quantitative estimate of drug-likeness (QED) is 0.238. The van der Waals surface area contributed by atoms with Crippen molar-refractivity contribution in [2.75, 3.05) is 26.2 Å². The predicted molar refractivity (Wildman–Crippen MR) is 77.9 cm³/mol. The number of hydrogen-bond acceptors (Lipinski definition) is 7. The van der Waals surface area contributed by atoms with E-state index in [1.165, 1.54) is 0 Å². The molecule has 0 radical (unpaired) electrons. The van der Waals surface area contributed by atoms with Gasteiger partial charge in [-0.25, -0.2) is 0 Å². The fourth-order valence-corrected chi connectivity index (χ4v) is 3.77. The molecule has 12 heteroatoms. The van der Waals surface area contributed by atoms with Crippen LogP contribution in [0.1, 0.15) is 12.8 Å². The highest BCUT2D eigenvalue weighted by Crippen LogP contribution is 2.31. The minimum atomic E-state index is -3.92. The van der Waals surface area contributed by atoms with Crippen LogP contribution in [0.3, 0.4) is 0 Å². The van der Waals surface area contributed by atoms with Crippen LogP contribution >= 0.6 is 0 Å². The van der Waals surface area contributed by atoms with Crippen molar-refractivity contribution < 1.29 is 33.5 Å². The number of carbonyl (C=O) groups is 1. The summed E-state index contributed by atoms with van der Waals surface area (Å²) < 4.78 is 27.1. The third-order valence-corrected chi connectivity index (χ3v) is 5.27. The molecular formula is C10H22BN3O7S. The summed E-state index contributed by atoms with van der Waals surface area (Å²) in [5, 5.41) is 35.6. The Kier molecular flexibility index (Phi) is 6.74. The van der Waals surface area contributed by atoms with E-state index in [2.05, 4.69) is 4.72 Å². The lowest BCUT2D eigenvalue weighted by atomic mass is 9.78. The molecule has 10 nitrogen and oxygen atoms in total. The van der Waals surface area contributed by atoms with Gasteiger partial charge in [-0.15, -0.1) is 0 Å². The van der Waals surface area contributed by atoms with Gasteiger partial charge in [0.15, 0.2) is 0 Å². The molecule has 1 saturated heterocycles. The van der Waals surface area contributed by atoms with Crippen LogP contribution in [-0.4, -0.2) is 77.9 Å². The number of aliphatic hydroxyl groups excluding tert-OH is 1. The summed E-state index contributed by atoms with van der Waals surface area (Å²) in [6.07, 6.45) is 0.626. The molecule has 0 aromatic rings. The molecule has 0 spiro atoms. The summed E-state index contributed by atoms with van der Waals surface area (Å²) in [5.41, 5.74) is 4.14. The SMILES string of the molecule is N[C@]1(C(=O)O)CN(S(=O)(=O)NCCO)C[C@H]1CCCB(O)O. The highest BCUT2D eigenvalue weighted by atomic mass is 32.2. The molecule has 128 valence electrons. The van der Waals surface area contributed by atoms with Crippen molar-refractivity contribution >= 4 is 23.3 Å². The minimum absolute atomic E-state index is 0.0573. The van der Waals surface area contributed by atoms with E-state index in [4.69, 9.17) is 20.9 Å². The molecule has 2 atom stereocenters. The molecule has 22 heavy (non-hydrogen) atoms. The maximum Gasteiger partial charge on any atom is 0.451 e. The van der Waals surface area contributed by atoms with E-state index >= 15 is 0 Å². The highest BCUT2D eigenvalue weighted by Gasteiger charge is 2.52. The largest absolute Gasteiger partial charge is 0.480 e.